The van der Waals surface area contributed by atoms with Gasteiger partial charge in [0, 0.05) is 16.1 Å². The van der Waals surface area contributed by atoms with Gasteiger partial charge in [0.15, 0.2) is 17.3 Å². The highest BCUT2D eigenvalue weighted by molar-refractivity contribution is 9.10. The summed E-state index contributed by atoms with van der Waals surface area (Å²) in [4.78, 5) is 12.6. The average Bonchev–Trinajstić information content (AvgIpc) is 2.53. The highest BCUT2D eigenvalue weighted by Crippen LogP contribution is 2.37. The van der Waals surface area contributed by atoms with E-state index in [2.05, 4.69) is 15.9 Å². The van der Waals surface area contributed by atoms with Gasteiger partial charge in [-0.05, 0) is 30.3 Å². The Hall–Kier alpha value is -2.01. The average molecular weight is 349 g/mol. The molecule has 0 unspecified atom stereocenters. The highest BCUT2D eigenvalue weighted by Gasteiger charge is 2.21. The van der Waals surface area contributed by atoms with Gasteiger partial charge in [-0.2, -0.15) is 0 Å². The molecule has 3 rings (SSSR count). The van der Waals surface area contributed by atoms with Gasteiger partial charge in [-0.3, -0.25) is 4.79 Å². The Bertz CT molecular complexity index is 679. The van der Waals surface area contributed by atoms with Crippen molar-refractivity contribution in [3.63, 3.8) is 0 Å². The number of ether oxygens (including phenoxy) is 3. The number of benzene rings is 2. The molecule has 0 N–H and O–H groups in total. The van der Waals surface area contributed by atoms with Crippen molar-refractivity contribution in [1.82, 2.24) is 0 Å². The molecule has 2 aromatic carbocycles. The number of ketones is 1. The second-order valence-electron chi connectivity index (χ2n) is 4.53. The molecule has 0 aromatic heterocycles. The smallest absolute Gasteiger partial charge is 0.196 e. The predicted octanol–water partition coefficient (Wildman–Crippen LogP) is 3.46. The Balaban J connectivity index is 2.04. The van der Waals surface area contributed by atoms with E-state index >= 15 is 0 Å². The third-order valence-corrected chi connectivity index (χ3v) is 3.74. The molecule has 0 saturated heterocycles. The molecule has 2 aromatic rings. The third-order valence-electron chi connectivity index (χ3n) is 3.22. The van der Waals surface area contributed by atoms with Gasteiger partial charge >= 0.3 is 0 Å². The van der Waals surface area contributed by atoms with Gasteiger partial charge in [-0.1, -0.05) is 15.9 Å². The molecule has 21 heavy (non-hydrogen) atoms. The summed E-state index contributed by atoms with van der Waals surface area (Å²) < 4.78 is 17.3. The van der Waals surface area contributed by atoms with Gasteiger partial charge in [-0.15, -0.1) is 0 Å². The number of methoxy groups -OCH3 is 1. The number of hydrogen-bond donors (Lipinski definition) is 0. The number of fused-ring (bicyclic) bond motifs is 1. The fourth-order valence-electron chi connectivity index (χ4n) is 2.17. The van der Waals surface area contributed by atoms with E-state index in [0.717, 1.165) is 4.47 Å². The molecule has 0 saturated carbocycles. The van der Waals surface area contributed by atoms with Crippen molar-refractivity contribution in [2.75, 3.05) is 20.3 Å². The summed E-state index contributed by atoms with van der Waals surface area (Å²) in [5.74, 6) is 1.54. The maximum Gasteiger partial charge on any atom is 0.196 e. The minimum Gasteiger partial charge on any atom is -0.496 e. The first-order valence-electron chi connectivity index (χ1n) is 6.47. The summed E-state index contributed by atoms with van der Waals surface area (Å²) >= 11 is 3.36. The number of halogens is 1. The third kappa shape index (κ3) is 2.74. The Morgan fingerprint density at radius 1 is 1.10 bits per heavy atom. The Morgan fingerprint density at radius 2 is 1.71 bits per heavy atom. The molecule has 0 amide bonds. The maximum absolute atomic E-state index is 12.6. The van der Waals surface area contributed by atoms with Gasteiger partial charge < -0.3 is 14.2 Å². The van der Waals surface area contributed by atoms with Crippen LogP contribution in [-0.2, 0) is 0 Å². The summed E-state index contributed by atoms with van der Waals surface area (Å²) in [6.45, 7) is 0.974. The van der Waals surface area contributed by atoms with Crippen LogP contribution in [0.25, 0.3) is 0 Å². The fraction of sp³-hybridized carbons (Fsp3) is 0.188. The Morgan fingerprint density at radius 3 is 2.33 bits per heavy atom. The van der Waals surface area contributed by atoms with E-state index in [1.54, 1.807) is 24.3 Å². The molecular formula is C16H13BrO4. The van der Waals surface area contributed by atoms with Crippen LogP contribution in [0.5, 0.6) is 17.2 Å². The van der Waals surface area contributed by atoms with Crippen molar-refractivity contribution < 1.29 is 19.0 Å². The van der Waals surface area contributed by atoms with Crippen LogP contribution in [0.3, 0.4) is 0 Å². The number of rotatable bonds is 3. The van der Waals surface area contributed by atoms with Crippen molar-refractivity contribution in [2.24, 2.45) is 0 Å². The predicted molar refractivity (Wildman–Crippen MR) is 81.6 cm³/mol. The maximum atomic E-state index is 12.6. The molecule has 0 bridgehead atoms. The van der Waals surface area contributed by atoms with E-state index in [1.807, 2.05) is 12.1 Å². The van der Waals surface area contributed by atoms with E-state index in [1.165, 1.54) is 7.11 Å². The van der Waals surface area contributed by atoms with Crippen molar-refractivity contribution in [3.05, 3.63) is 52.0 Å². The minimum absolute atomic E-state index is 0.115. The molecule has 0 aliphatic carbocycles. The van der Waals surface area contributed by atoms with Crippen LogP contribution in [0.4, 0.5) is 0 Å². The molecule has 4 nitrogen and oxygen atoms in total. The molecular weight excluding hydrogens is 336 g/mol. The second kappa shape index (κ2) is 5.77. The number of carbonyl (C=O) groups is 1. The summed E-state index contributed by atoms with van der Waals surface area (Å²) in [6.07, 6.45) is 0. The van der Waals surface area contributed by atoms with Crippen LogP contribution in [-0.4, -0.2) is 26.1 Å². The normalized spacial score (nSPS) is 12.9. The zero-order valence-corrected chi connectivity index (χ0v) is 13.0. The van der Waals surface area contributed by atoms with E-state index in [9.17, 15) is 4.79 Å². The molecule has 1 aliphatic rings. The molecule has 0 fully saturated rings. The van der Waals surface area contributed by atoms with Crippen LogP contribution in [0.15, 0.2) is 40.9 Å². The van der Waals surface area contributed by atoms with Crippen LogP contribution >= 0.6 is 15.9 Å². The lowest BCUT2D eigenvalue weighted by Crippen LogP contribution is -2.16. The number of hydrogen-bond acceptors (Lipinski definition) is 4. The second-order valence-corrected chi connectivity index (χ2v) is 5.45. The summed E-state index contributed by atoms with van der Waals surface area (Å²) in [7, 11) is 1.53. The summed E-state index contributed by atoms with van der Waals surface area (Å²) in [5.41, 5.74) is 1.05. The topological polar surface area (TPSA) is 44.8 Å². The van der Waals surface area contributed by atoms with E-state index in [4.69, 9.17) is 14.2 Å². The van der Waals surface area contributed by atoms with Gasteiger partial charge in [0.1, 0.15) is 19.0 Å². The first-order chi connectivity index (χ1) is 10.2. The SMILES string of the molecule is COc1cc2c(cc1C(=O)c1ccc(Br)cc1)OCCO2. The molecule has 5 heteroatoms. The Labute approximate surface area is 130 Å². The number of carbonyl (C=O) groups excluding carboxylic acids is 1. The largest absolute Gasteiger partial charge is 0.496 e. The summed E-state index contributed by atoms with van der Waals surface area (Å²) in [6, 6.07) is 10.6. The lowest BCUT2D eigenvalue weighted by Gasteiger charge is -2.20. The van der Waals surface area contributed by atoms with Crippen molar-refractivity contribution in [1.29, 1.82) is 0 Å². The molecule has 1 heterocycles. The zero-order chi connectivity index (χ0) is 14.8. The lowest BCUT2D eigenvalue weighted by atomic mass is 10.0. The van der Waals surface area contributed by atoms with E-state index in [0.29, 0.717) is 41.6 Å². The molecule has 0 spiro atoms. The van der Waals surface area contributed by atoms with Gasteiger partial charge in [0.25, 0.3) is 0 Å². The Kier molecular flexibility index (Phi) is 3.84. The lowest BCUT2D eigenvalue weighted by molar-refractivity contribution is 0.103. The van der Waals surface area contributed by atoms with E-state index < -0.39 is 0 Å². The van der Waals surface area contributed by atoms with Gasteiger partial charge in [-0.25, -0.2) is 0 Å². The van der Waals surface area contributed by atoms with Crippen LogP contribution in [0.2, 0.25) is 0 Å². The zero-order valence-electron chi connectivity index (χ0n) is 11.4. The molecule has 0 atom stereocenters. The van der Waals surface area contributed by atoms with Crippen molar-refractivity contribution in [2.45, 2.75) is 0 Å². The van der Waals surface area contributed by atoms with Gasteiger partial charge in [0.2, 0.25) is 0 Å². The first-order valence-corrected chi connectivity index (χ1v) is 7.26. The monoisotopic (exact) mass is 348 g/mol. The van der Waals surface area contributed by atoms with Crippen LogP contribution in [0, 0.1) is 0 Å². The molecule has 108 valence electrons. The minimum atomic E-state index is -0.115. The molecule has 0 radical (unpaired) electrons. The highest BCUT2D eigenvalue weighted by atomic mass is 79.9. The van der Waals surface area contributed by atoms with Crippen molar-refractivity contribution in [3.8, 4) is 17.2 Å². The van der Waals surface area contributed by atoms with Crippen molar-refractivity contribution >= 4 is 21.7 Å². The first kappa shape index (κ1) is 13.9. The standard InChI is InChI=1S/C16H13BrO4/c1-19-13-9-15-14(20-6-7-21-15)8-12(13)16(18)10-2-4-11(17)5-3-10/h2-5,8-9H,6-7H2,1H3. The quantitative estimate of drug-likeness (QED) is 0.796. The van der Waals surface area contributed by atoms with E-state index in [-0.39, 0.29) is 5.78 Å². The van der Waals surface area contributed by atoms with Crippen LogP contribution < -0.4 is 14.2 Å². The fourth-order valence-corrected chi connectivity index (χ4v) is 2.44. The molecule has 1 aliphatic heterocycles. The van der Waals surface area contributed by atoms with Crippen LogP contribution in [0.1, 0.15) is 15.9 Å². The van der Waals surface area contributed by atoms with Gasteiger partial charge in [0.05, 0.1) is 12.7 Å². The summed E-state index contributed by atoms with van der Waals surface area (Å²) in [5, 5.41) is 0.